The lowest BCUT2D eigenvalue weighted by atomic mass is 9.96. The Labute approximate surface area is 126 Å². The quantitative estimate of drug-likeness (QED) is 0.909. The van der Waals surface area contributed by atoms with E-state index in [1.807, 2.05) is 27.0 Å². The number of fused-ring (bicyclic) bond motifs is 1. The fourth-order valence-corrected chi connectivity index (χ4v) is 3.25. The van der Waals surface area contributed by atoms with E-state index in [1.54, 1.807) is 4.90 Å². The number of carbonyl (C=O) groups is 1. The predicted octanol–water partition coefficient (Wildman–Crippen LogP) is 2.50. The van der Waals surface area contributed by atoms with Crippen LogP contribution in [-0.2, 0) is 11.2 Å². The van der Waals surface area contributed by atoms with Crippen molar-refractivity contribution < 1.29 is 9.53 Å². The third kappa shape index (κ3) is 2.77. The molecule has 1 unspecified atom stereocenters. The molecule has 1 atom stereocenters. The molecule has 1 saturated heterocycles. The maximum Gasteiger partial charge on any atom is 0.270 e. The number of ether oxygens (including phenoxy) is 1. The zero-order valence-corrected chi connectivity index (χ0v) is 13.1. The Morgan fingerprint density at radius 2 is 2.19 bits per heavy atom. The molecule has 4 nitrogen and oxygen atoms in total. The number of benzene rings is 1. The SMILES string of the molecule is CN1C(=O)C(C)(C)Oc2ccc(CC3CCCCN3)cc21. The minimum Gasteiger partial charge on any atom is -0.476 e. The summed E-state index contributed by atoms with van der Waals surface area (Å²) in [5.74, 6) is 0.797. The molecule has 1 aromatic rings. The molecule has 1 amide bonds. The highest BCUT2D eigenvalue weighted by Crippen LogP contribution is 2.37. The van der Waals surface area contributed by atoms with Gasteiger partial charge in [0.15, 0.2) is 5.60 Å². The molecule has 2 aliphatic heterocycles. The molecular formula is C17H24N2O2. The Balaban J connectivity index is 1.82. The molecule has 0 aliphatic carbocycles. The van der Waals surface area contributed by atoms with Crippen LogP contribution in [0.2, 0.25) is 0 Å². The number of rotatable bonds is 2. The first-order valence-electron chi connectivity index (χ1n) is 7.81. The molecule has 1 N–H and O–H groups in total. The van der Waals surface area contributed by atoms with Crippen molar-refractivity contribution in [3.63, 3.8) is 0 Å². The molecular weight excluding hydrogens is 264 g/mol. The van der Waals surface area contributed by atoms with Gasteiger partial charge in [-0.2, -0.15) is 0 Å². The first-order valence-corrected chi connectivity index (χ1v) is 7.81. The molecule has 0 saturated carbocycles. The van der Waals surface area contributed by atoms with E-state index in [1.165, 1.54) is 24.8 Å². The fraction of sp³-hybridized carbons (Fsp3) is 0.588. The zero-order chi connectivity index (χ0) is 15.0. The van der Waals surface area contributed by atoms with Crippen molar-refractivity contribution in [1.29, 1.82) is 0 Å². The van der Waals surface area contributed by atoms with Crippen molar-refractivity contribution in [2.75, 3.05) is 18.5 Å². The van der Waals surface area contributed by atoms with Gasteiger partial charge in [0.2, 0.25) is 0 Å². The highest BCUT2D eigenvalue weighted by atomic mass is 16.5. The summed E-state index contributed by atoms with van der Waals surface area (Å²) in [5, 5.41) is 3.57. The minimum absolute atomic E-state index is 0.00272. The number of amides is 1. The summed E-state index contributed by atoms with van der Waals surface area (Å²) in [4.78, 5) is 14.0. The number of piperidine rings is 1. The van der Waals surface area contributed by atoms with E-state index in [0.717, 1.165) is 24.4 Å². The number of carbonyl (C=O) groups excluding carboxylic acids is 1. The van der Waals surface area contributed by atoms with Crippen molar-refractivity contribution in [3.05, 3.63) is 23.8 Å². The van der Waals surface area contributed by atoms with Crippen molar-refractivity contribution in [3.8, 4) is 5.75 Å². The number of hydrogen-bond donors (Lipinski definition) is 1. The van der Waals surface area contributed by atoms with E-state index in [0.29, 0.717) is 6.04 Å². The summed E-state index contributed by atoms with van der Waals surface area (Å²) in [6.07, 6.45) is 4.83. The van der Waals surface area contributed by atoms with Gasteiger partial charge in [-0.3, -0.25) is 4.79 Å². The summed E-state index contributed by atoms with van der Waals surface area (Å²) < 4.78 is 5.84. The van der Waals surface area contributed by atoms with Crippen LogP contribution in [0.5, 0.6) is 5.75 Å². The molecule has 2 heterocycles. The van der Waals surface area contributed by atoms with Crippen LogP contribution in [0.15, 0.2) is 18.2 Å². The molecule has 0 bridgehead atoms. The zero-order valence-electron chi connectivity index (χ0n) is 13.1. The summed E-state index contributed by atoms with van der Waals surface area (Å²) in [7, 11) is 1.83. The summed E-state index contributed by atoms with van der Waals surface area (Å²) in [6, 6.07) is 6.77. The first kappa shape index (κ1) is 14.4. The van der Waals surface area contributed by atoms with Gasteiger partial charge in [0, 0.05) is 13.1 Å². The predicted molar refractivity (Wildman–Crippen MR) is 83.9 cm³/mol. The van der Waals surface area contributed by atoms with Gasteiger partial charge in [-0.1, -0.05) is 12.5 Å². The molecule has 1 aromatic carbocycles. The van der Waals surface area contributed by atoms with E-state index in [2.05, 4.69) is 17.4 Å². The number of likely N-dealkylation sites (N-methyl/N-ethyl adjacent to an activating group) is 1. The first-order chi connectivity index (χ1) is 9.97. The number of nitrogens with zero attached hydrogens (tertiary/aromatic N) is 1. The summed E-state index contributed by atoms with van der Waals surface area (Å²) in [6.45, 7) is 4.74. The Bertz CT molecular complexity index is 548. The van der Waals surface area contributed by atoms with Gasteiger partial charge in [-0.15, -0.1) is 0 Å². The third-order valence-electron chi connectivity index (χ3n) is 4.46. The number of anilines is 1. The van der Waals surface area contributed by atoms with Gasteiger partial charge in [0.1, 0.15) is 5.75 Å². The lowest BCUT2D eigenvalue weighted by Crippen LogP contribution is -2.50. The lowest BCUT2D eigenvalue weighted by Gasteiger charge is -2.37. The van der Waals surface area contributed by atoms with Crippen molar-refractivity contribution >= 4 is 11.6 Å². The van der Waals surface area contributed by atoms with Crippen LogP contribution in [0.1, 0.15) is 38.7 Å². The maximum absolute atomic E-state index is 12.3. The summed E-state index contributed by atoms with van der Waals surface area (Å²) >= 11 is 0. The normalized spacial score (nSPS) is 24.4. The van der Waals surface area contributed by atoms with Gasteiger partial charge >= 0.3 is 0 Å². The van der Waals surface area contributed by atoms with Gasteiger partial charge < -0.3 is 15.0 Å². The standard InChI is InChI=1S/C17H24N2O2/c1-17(2)16(20)19(3)14-11-12(7-8-15(14)21-17)10-13-6-4-5-9-18-13/h7-8,11,13,18H,4-6,9-10H2,1-3H3. The van der Waals surface area contributed by atoms with Gasteiger partial charge in [0.25, 0.3) is 5.91 Å². The van der Waals surface area contributed by atoms with E-state index in [9.17, 15) is 4.79 Å². The van der Waals surface area contributed by atoms with Crippen LogP contribution in [0.4, 0.5) is 5.69 Å². The average Bonchev–Trinajstić information content (AvgIpc) is 2.47. The van der Waals surface area contributed by atoms with Crippen LogP contribution >= 0.6 is 0 Å². The fourth-order valence-electron chi connectivity index (χ4n) is 3.25. The smallest absolute Gasteiger partial charge is 0.270 e. The maximum atomic E-state index is 12.3. The monoisotopic (exact) mass is 288 g/mol. The van der Waals surface area contributed by atoms with Gasteiger partial charge in [-0.05, 0) is 57.4 Å². The molecule has 4 heteroatoms. The Kier molecular flexibility index (Phi) is 3.66. The topological polar surface area (TPSA) is 41.6 Å². The van der Waals surface area contributed by atoms with Crippen LogP contribution in [0.25, 0.3) is 0 Å². The second-order valence-electron chi connectivity index (χ2n) is 6.63. The molecule has 0 spiro atoms. The van der Waals surface area contributed by atoms with Gasteiger partial charge in [0.05, 0.1) is 5.69 Å². The minimum atomic E-state index is -0.784. The molecule has 3 rings (SSSR count). The second-order valence-corrected chi connectivity index (χ2v) is 6.63. The lowest BCUT2D eigenvalue weighted by molar-refractivity contribution is -0.132. The number of nitrogens with one attached hydrogen (secondary N) is 1. The van der Waals surface area contributed by atoms with Crippen LogP contribution in [0, 0.1) is 0 Å². The van der Waals surface area contributed by atoms with Crippen molar-refractivity contribution in [2.45, 2.75) is 51.2 Å². The second kappa shape index (κ2) is 5.34. The van der Waals surface area contributed by atoms with Gasteiger partial charge in [-0.25, -0.2) is 0 Å². The van der Waals surface area contributed by atoms with Crippen LogP contribution < -0.4 is 15.0 Å². The van der Waals surface area contributed by atoms with Crippen LogP contribution in [-0.4, -0.2) is 31.1 Å². The molecule has 0 radical (unpaired) electrons. The largest absolute Gasteiger partial charge is 0.476 e. The highest BCUT2D eigenvalue weighted by molar-refractivity contribution is 6.01. The molecule has 21 heavy (non-hydrogen) atoms. The average molecular weight is 288 g/mol. The highest BCUT2D eigenvalue weighted by Gasteiger charge is 2.39. The van der Waals surface area contributed by atoms with Crippen LogP contribution in [0.3, 0.4) is 0 Å². The molecule has 2 aliphatic rings. The molecule has 1 fully saturated rings. The molecule has 0 aromatic heterocycles. The van der Waals surface area contributed by atoms with Crippen molar-refractivity contribution in [1.82, 2.24) is 5.32 Å². The van der Waals surface area contributed by atoms with E-state index >= 15 is 0 Å². The van der Waals surface area contributed by atoms with Crippen molar-refractivity contribution in [2.24, 2.45) is 0 Å². The third-order valence-corrected chi connectivity index (χ3v) is 4.46. The Morgan fingerprint density at radius 3 is 2.90 bits per heavy atom. The number of hydrogen-bond acceptors (Lipinski definition) is 3. The van der Waals surface area contributed by atoms with E-state index < -0.39 is 5.60 Å². The van der Waals surface area contributed by atoms with E-state index in [-0.39, 0.29) is 5.91 Å². The van der Waals surface area contributed by atoms with E-state index in [4.69, 9.17) is 4.74 Å². The molecule has 114 valence electrons. The Morgan fingerprint density at radius 1 is 1.38 bits per heavy atom. The Hall–Kier alpha value is -1.55. The summed E-state index contributed by atoms with van der Waals surface area (Å²) in [5.41, 5.74) is 1.36.